The molecule has 2 aromatic rings. The summed E-state index contributed by atoms with van der Waals surface area (Å²) in [5.41, 5.74) is 11.7. The first kappa shape index (κ1) is 24.4. The molecule has 0 radical (unpaired) electrons. The van der Waals surface area contributed by atoms with E-state index in [1.807, 2.05) is 0 Å². The minimum Gasteiger partial charge on any atom is -0.481 e. The smallest absolute Gasteiger partial charge is 0.422 e. The van der Waals surface area contributed by atoms with Crippen molar-refractivity contribution in [2.24, 2.45) is 11.1 Å². The van der Waals surface area contributed by atoms with Crippen LogP contribution >= 0.6 is 0 Å². The Labute approximate surface area is 198 Å². The number of hydrogen-bond acceptors (Lipinski definition) is 5. The Morgan fingerprint density at radius 2 is 2.03 bits per heavy atom. The molecular formula is C23H23F4N5O3. The fourth-order valence-electron chi connectivity index (χ4n) is 4.83. The monoisotopic (exact) mass is 493 g/mol. The highest BCUT2D eigenvalue weighted by molar-refractivity contribution is 6.03. The topological polar surface area (TPSA) is 116 Å². The number of ether oxygens (including phenoxy) is 1. The molecule has 35 heavy (non-hydrogen) atoms. The molecule has 0 unspecified atom stereocenters. The predicted octanol–water partition coefficient (Wildman–Crippen LogP) is 2.89. The first-order chi connectivity index (χ1) is 16.4. The highest BCUT2D eigenvalue weighted by atomic mass is 19.4. The number of halogens is 4. The van der Waals surface area contributed by atoms with Crippen LogP contribution in [0, 0.1) is 23.1 Å². The number of nitrogens with zero attached hydrogens (tertiary/aromatic N) is 3. The van der Waals surface area contributed by atoms with Crippen LogP contribution in [-0.2, 0) is 4.79 Å². The van der Waals surface area contributed by atoms with E-state index in [0.29, 0.717) is 25.9 Å². The van der Waals surface area contributed by atoms with Crippen LogP contribution in [0.3, 0.4) is 0 Å². The number of benzene rings is 1. The summed E-state index contributed by atoms with van der Waals surface area (Å²) in [6.07, 6.45) is -2.54. The molecule has 1 saturated carbocycles. The Morgan fingerprint density at radius 1 is 1.31 bits per heavy atom. The molecule has 4 N–H and O–H groups in total. The standard InChI is InChI=1S/C23H23F4N5O3/c1-2-3-17(33)31-7-6-22(11-31)9-14(10-22)32-20(28)18(21(29)34)19(30-32)13-4-5-15(24)16(8-13)35-12-23(25,26)27/h4-5,8,14H,6-7,9-12,28H2,1H3,(H2,29,34). The van der Waals surface area contributed by atoms with Crippen molar-refractivity contribution in [3.8, 4) is 28.8 Å². The van der Waals surface area contributed by atoms with Gasteiger partial charge in [0.15, 0.2) is 18.2 Å². The van der Waals surface area contributed by atoms with Gasteiger partial charge in [-0.25, -0.2) is 9.07 Å². The number of nitrogen functional groups attached to an aromatic ring is 1. The number of carbonyl (C=O) groups excluding carboxylic acids is 2. The Kier molecular flexibility index (Phi) is 6.12. The number of likely N-dealkylation sites (tertiary alicyclic amines) is 1. The number of amides is 2. The van der Waals surface area contributed by atoms with Gasteiger partial charge in [-0.15, -0.1) is 0 Å². The number of carbonyl (C=O) groups is 2. The maximum atomic E-state index is 14.0. The molecule has 2 fully saturated rings. The van der Waals surface area contributed by atoms with Crippen LogP contribution in [0.1, 0.15) is 42.6 Å². The molecule has 1 aromatic carbocycles. The SMILES string of the molecule is CC#CC(=O)N1CCC2(CC(n3nc(-c4ccc(F)c(OCC(F)(F)F)c4)c(C(N)=O)c3N)C2)C1. The van der Waals surface area contributed by atoms with Gasteiger partial charge in [-0.1, -0.05) is 5.92 Å². The lowest BCUT2D eigenvalue weighted by Crippen LogP contribution is -2.42. The van der Waals surface area contributed by atoms with Gasteiger partial charge >= 0.3 is 6.18 Å². The molecule has 1 aliphatic heterocycles. The lowest BCUT2D eigenvalue weighted by atomic mass is 9.65. The summed E-state index contributed by atoms with van der Waals surface area (Å²) in [7, 11) is 0. The predicted molar refractivity (Wildman–Crippen MR) is 117 cm³/mol. The lowest BCUT2D eigenvalue weighted by molar-refractivity contribution is -0.153. The van der Waals surface area contributed by atoms with E-state index in [1.54, 1.807) is 11.8 Å². The second-order valence-corrected chi connectivity index (χ2v) is 8.88. The third kappa shape index (κ3) is 4.76. The van der Waals surface area contributed by atoms with Crippen molar-refractivity contribution in [3.63, 3.8) is 0 Å². The Balaban J connectivity index is 1.58. The van der Waals surface area contributed by atoms with Gasteiger partial charge < -0.3 is 21.1 Å². The number of rotatable bonds is 5. The largest absolute Gasteiger partial charge is 0.481 e. The average Bonchev–Trinajstić information content (AvgIpc) is 3.34. The lowest BCUT2D eigenvalue weighted by Gasteiger charge is -2.45. The van der Waals surface area contributed by atoms with Crippen LogP contribution in [0.2, 0.25) is 0 Å². The van der Waals surface area contributed by atoms with Crippen molar-refractivity contribution in [1.29, 1.82) is 0 Å². The summed E-state index contributed by atoms with van der Waals surface area (Å²) in [4.78, 5) is 26.0. The maximum Gasteiger partial charge on any atom is 0.422 e. The zero-order valence-electron chi connectivity index (χ0n) is 18.8. The molecular weight excluding hydrogens is 470 g/mol. The number of primary amides is 1. The first-order valence-corrected chi connectivity index (χ1v) is 10.8. The van der Waals surface area contributed by atoms with Crippen LogP contribution in [-0.4, -0.2) is 52.4 Å². The van der Waals surface area contributed by atoms with E-state index in [1.165, 1.54) is 10.7 Å². The van der Waals surface area contributed by atoms with Crippen molar-refractivity contribution < 1.29 is 31.9 Å². The van der Waals surface area contributed by atoms with Gasteiger partial charge in [0.1, 0.15) is 17.1 Å². The van der Waals surface area contributed by atoms with Crippen LogP contribution in [0.4, 0.5) is 23.4 Å². The van der Waals surface area contributed by atoms with Crippen LogP contribution in [0.5, 0.6) is 5.75 Å². The van der Waals surface area contributed by atoms with Crippen molar-refractivity contribution in [2.75, 3.05) is 25.4 Å². The Hall–Kier alpha value is -3.75. The number of hydrogen-bond donors (Lipinski definition) is 2. The highest BCUT2D eigenvalue weighted by Crippen LogP contribution is 2.54. The van der Waals surface area contributed by atoms with Gasteiger partial charge in [-0.2, -0.15) is 18.3 Å². The normalized spacial score (nSPS) is 21.4. The van der Waals surface area contributed by atoms with Gasteiger partial charge in [-0.3, -0.25) is 9.59 Å². The Bertz CT molecular complexity index is 1240. The van der Waals surface area contributed by atoms with Crippen LogP contribution in [0.25, 0.3) is 11.3 Å². The molecule has 1 aromatic heterocycles. The zero-order chi connectivity index (χ0) is 25.5. The molecule has 4 rings (SSSR count). The second kappa shape index (κ2) is 8.79. The fraction of sp³-hybridized carbons (Fsp3) is 0.435. The second-order valence-electron chi connectivity index (χ2n) is 8.88. The van der Waals surface area contributed by atoms with E-state index in [9.17, 15) is 27.2 Å². The molecule has 2 heterocycles. The first-order valence-electron chi connectivity index (χ1n) is 10.8. The summed E-state index contributed by atoms with van der Waals surface area (Å²) < 4.78 is 57.6. The third-order valence-electron chi connectivity index (χ3n) is 6.43. The van der Waals surface area contributed by atoms with Gasteiger partial charge in [0, 0.05) is 18.7 Å². The molecule has 12 heteroatoms. The highest BCUT2D eigenvalue weighted by Gasteiger charge is 2.51. The molecule has 0 atom stereocenters. The zero-order valence-corrected chi connectivity index (χ0v) is 18.8. The molecule has 2 aliphatic rings. The summed E-state index contributed by atoms with van der Waals surface area (Å²) in [6, 6.07) is 3.03. The van der Waals surface area contributed by atoms with E-state index in [-0.39, 0.29) is 40.0 Å². The average molecular weight is 493 g/mol. The summed E-state index contributed by atoms with van der Waals surface area (Å²) >= 11 is 0. The summed E-state index contributed by atoms with van der Waals surface area (Å²) in [6.45, 7) is 1.08. The van der Waals surface area contributed by atoms with Crippen molar-refractivity contribution >= 4 is 17.6 Å². The van der Waals surface area contributed by atoms with Gasteiger partial charge in [0.05, 0.1) is 6.04 Å². The summed E-state index contributed by atoms with van der Waals surface area (Å²) in [5, 5.41) is 4.43. The van der Waals surface area contributed by atoms with Gasteiger partial charge in [0.25, 0.3) is 11.8 Å². The van der Waals surface area contributed by atoms with E-state index >= 15 is 0 Å². The summed E-state index contributed by atoms with van der Waals surface area (Å²) in [5.74, 6) is 2.42. The quantitative estimate of drug-likeness (QED) is 0.491. The number of alkyl halides is 3. The van der Waals surface area contributed by atoms with Crippen molar-refractivity contribution in [1.82, 2.24) is 14.7 Å². The van der Waals surface area contributed by atoms with Crippen LogP contribution in [0.15, 0.2) is 18.2 Å². The van der Waals surface area contributed by atoms with Gasteiger partial charge in [-0.05, 0) is 55.7 Å². The van der Waals surface area contributed by atoms with E-state index in [0.717, 1.165) is 18.6 Å². The molecule has 1 spiro atoms. The minimum atomic E-state index is -4.66. The maximum absolute atomic E-state index is 14.0. The molecule has 1 aliphatic carbocycles. The molecule has 8 nitrogen and oxygen atoms in total. The van der Waals surface area contributed by atoms with Crippen molar-refractivity contribution in [3.05, 3.63) is 29.6 Å². The Morgan fingerprint density at radius 3 is 2.66 bits per heavy atom. The number of nitrogens with two attached hydrogens (primary N) is 2. The minimum absolute atomic E-state index is 0.0113. The third-order valence-corrected chi connectivity index (χ3v) is 6.43. The van der Waals surface area contributed by atoms with Gasteiger partial charge in [0.2, 0.25) is 0 Å². The molecule has 1 saturated heterocycles. The van der Waals surface area contributed by atoms with E-state index in [4.69, 9.17) is 11.5 Å². The number of aromatic nitrogens is 2. The van der Waals surface area contributed by atoms with Crippen molar-refractivity contribution in [2.45, 2.75) is 38.4 Å². The molecule has 2 amide bonds. The number of anilines is 1. The van der Waals surface area contributed by atoms with E-state index in [2.05, 4.69) is 21.7 Å². The molecule has 0 bridgehead atoms. The van der Waals surface area contributed by atoms with Crippen LogP contribution < -0.4 is 16.2 Å². The fourth-order valence-corrected chi connectivity index (χ4v) is 4.83. The molecule has 186 valence electrons. The van der Waals surface area contributed by atoms with E-state index < -0.39 is 30.3 Å².